The minimum Gasteiger partial charge on any atom is -0.369 e. The highest BCUT2D eigenvalue weighted by atomic mass is 32.1. The highest BCUT2D eigenvalue weighted by molar-refractivity contribution is 7.18. The molecule has 0 unspecified atom stereocenters. The SMILES string of the molecule is CN(CCC#N)c1ncc(-c2ncnc3c2CCN3)s1. The summed E-state index contributed by atoms with van der Waals surface area (Å²) in [7, 11) is 1.95. The van der Waals surface area contributed by atoms with E-state index in [4.69, 9.17) is 5.26 Å². The van der Waals surface area contributed by atoms with Gasteiger partial charge in [-0.25, -0.2) is 15.0 Å². The van der Waals surface area contributed by atoms with E-state index in [1.807, 2.05) is 18.1 Å². The van der Waals surface area contributed by atoms with Crippen LogP contribution < -0.4 is 10.2 Å². The van der Waals surface area contributed by atoms with Crippen LogP contribution in [0.5, 0.6) is 0 Å². The molecule has 0 aromatic carbocycles. The molecule has 0 amide bonds. The lowest BCUT2D eigenvalue weighted by molar-refractivity contribution is 0.899. The Hall–Kier alpha value is -2.20. The number of nitrogens with zero attached hydrogens (tertiary/aromatic N) is 5. The number of hydrogen-bond donors (Lipinski definition) is 1. The lowest BCUT2D eigenvalue weighted by atomic mass is 10.2. The van der Waals surface area contributed by atoms with Crippen LogP contribution >= 0.6 is 11.3 Å². The molecule has 20 heavy (non-hydrogen) atoms. The standard InChI is InChI=1S/C13H14N6S/c1-19(6-2-4-14)13-16-7-10(20-13)11-9-3-5-15-12(9)18-8-17-11/h7-8H,2-3,5-6H2,1H3,(H,15,17,18). The van der Waals surface area contributed by atoms with Gasteiger partial charge in [0.05, 0.1) is 23.1 Å². The smallest absolute Gasteiger partial charge is 0.185 e. The predicted molar refractivity (Wildman–Crippen MR) is 78.8 cm³/mol. The number of hydrogen-bond acceptors (Lipinski definition) is 7. The lowest BCUT2D eigenvalue weighted by Crippen LogP contribution is -2.17. The fourth-order valence-corrected chi connectivity index (χ4v) is 3.11. The molecule has 3 heterocycles. The average molecular weight is 286 g/mol. The Bertz CT molecular complexity index is 659. The lowest BCUT2D eigenvalue weighted by Gasteiger charge is -2.12. The second-order valence-electron chi connectivity index (χ2n) is 4.56. The van der Waals surface area contributed by atoms with Gasteiger partial charge in [-0.3, -0.25) is 0 Å². The van der Waals surface area contributed by atoms with Crippen molar-refractivity contribution in [3.63, 3.8) is 0 Å². The summed E-state index contributed by atoms with van der Waals surface area (Å²) >= 11 is 1.60. The molecule has 0 aliphatic carbocycles. The zero-order chi connectivity index (χ0) is 13.9. The normalized spacial score (nSPS) is 12.6. The summed E-state index contributed by atoms with van der Waals surface area (Å²) in [5.74, 6) is 0.933. The van der Waals surface area contributed by atoms with Gasteiger partial charge >= 0.3 is 0 Å². The predicted octanol–water partition coefficient (Wildman–Crippen LogP) is 1.92. The maximum Gasteiger partial charge on any atom is 0.185 e. The third-order valence-corrected chi connectivity index (χ3v) is 4.34. The Kier molecular flexibility index (Phi) is 3.48. The minimum absolute atomic E-state index is 0.498. The number of anilines is 2. The van der Waals surface area contributed by atoms with Crippen LogP contribution in [0.4, 0.5) is 10.9 Å². The Labute approximate surface area is 121 Å². The molecule has 0 saturated heterocycles. The summed E-state index contributed by atoms with van der Waals surface area (Å²) in [6, 6.07) is 2.15. The highest BCUT2D eigenvalue weighted by Crippen LogP contribution is 2.34. The molecule has 1 N–H and O–H groups in total. The van der Waals surface area contributed by atoms with Gasteiger partial charge in [-0.15, -0.1) is 0 Å². The van der Waals surface area contributed by atoms with Crippen molar-refractivity contribution < 1.29 is 0 Å². The molecular formula is C13H14N6S. The first-order chi connectivity index (χ1) is 9.79. The molecule has 6 nitrogen and oxygen atoms in total. The average Bonchev–Trinajstić information content (AvgIpc) is 3.12. The monoisotopic (exact) mass is 286 g/mol. The van der Waals surface area contributed by atoms with Crippen molar-refractivity contribution in [2.45, 2.75) is 12.8 Å². The number of rotatable bonds is 4. The van der Waals surface area contributed by atoms with Gasteiger partial charge in [-0.2, -0.15) is 5.26 Å². The van der Waals surface area contributed by atoms with Crippen LogP contribution in [0.25, 0.3) is 10.6 Å². The zero-order valence-corrected chi connectivity index (χ0v) is 11.9. The molecule has 0 atom stereocenters. The number of thiazole rings is 1. The van der Waals surface area contributed by atoms with Gasteiger partial charge in [0, 0.05) is 31.9 Å². The van der Waals surface area contributed by atoms with Crippen molar-refractivity contribution in [1.29, 1.82) is 5.26 Å². The zero-order valence-electron chi connectivity index (χ0n) is 11.1. The Morgan fingerprint density at radius 3 is 3.20 bits per heavy atom. The van der Waals surface area contributed by atoms with Crippen molar-refractivity contribution in [3.05, 3.63) is 18.1 Å². The molecule has 7 heteroatoms. The maximum atomic E-state index is 8.63. The van der Waals surface area contributed by atoms with E-state index in [0.29, 0.717) is 13.0 Å². The number of nitrogens with one attached hydrogen (secondary N) is 1. The van der Waals surface area contributed by atoms with Crippen LogP contribution in [-0.4, -0.2) is 35.1 Å². The van der Waals surface area contributed by atoms with Gasteiger partial charge in [0.2, 0.25) is 0 Å². The van der Waals surface area contributed by atoms with E-state index < -0.39 is 0 Å². The van der Waals surface area contributed by atoms with Gasteiger partial charge < -0.3 is 10.2 Å². The number of nitriles is 1. The summed E-state index contributed by atoms with van der Waals surface area (Å²) < 4.78 is 0. The molecule has 1 aliphatic rings. The quantitative estimate of drug-likeness (QED) is 0.925. The maximum absolute atomic E-state index is 8.63. The molecule has 0 radical (unpaired) electrons. The molecule has 0 saturated carbocycles. The van der Waals surface area contributed by atoms with Crippen LogP contribution in [0.15, 0.2) is 12.5 Å². The first kappa shape index (κ1) is 12.8. The summed E-state index contributed by atoms with van der Waals surface area (Å²) in [6.07, 6.45) is 4.89. The van der Waals surface area contributed by atoms with Crippen molar-refractivity contribution >= 4 is 22.3 Å². The van der Waals surface area contributed by atoms with Crippen LogP contribution in [0.1, 0.15) is 12.0 Å². The summed E-state index contributed by atoms with van der Waals surface area (Å²) in [5, 5.41) is 12.8. The summed E-state index contributed by atoms with van der Waals surface area (Å²) in [5.41, 5.74) is 2.14. The number of fused-ring (bicyclic) bond motifs is 1. The van der Waals surface area contributed by atoms with Crippen molar-refractivity contribution in [3.8, 4) is 16.6 Å². The third kappa shape index (κ3) is 2.30. The van der Waals surface area contributed by atoms with Crippen LogP contribution in [-0.2, 0) is 6.42 Å². The first-order valence-electron chi connectivity index (χ1n) is 6.41. The molecule has 2 aromatic rings. The largest absolute Gasteiger partial charge is 0.369 e. The van der Waals surface area contributed by atoms with E-state index in [2.05, 4.69) is 26.3 Å². The Morgan fingerprint density at radius 1 is 1.45 bits per heavy atom. The van der Waals surface area contributed by atoms with E-state index in [0.717, 1.165) is 34.5 Å². The van der Waals surface area contributed by atoms with Gasteiger partial charge in [0.1, 0.15) is 12.1 Å². The van der Waals surface area contributed by atoms with Crippen LogP contribution in [0.3, 0.4) is 0 Å². The van der Waals surface area contributed by atoms with E-state index in [1.54, 1.807) is 17.7 Å². The molecule has 0 fully saturated rings. The molecule has 0 bridgehead atoms. The summed E-state index contributed by atoms with van der Waals surface area (Å²) in [6.45, 7) is 1.60. The Balaban J connectivity index is 1.88. The van der Waals surface area contributed by atoms with E-state index in [-0.39, 0.29) is 0 Å². The molecule has 0 spiro atoms. The van der Waals surface area contributed by atoms with Gasteiger partial charge in [-0.05, 0) is 6.42 Å². The van der Waals surface area contributed by atoms with Crippen LogP contribution in [0, 0.1) is 11.3 Å². The highest BCUT2D eigenvalue weighted by Gasteiger charge is 2.19. The van der Waals surface area contributed by atoms with E-state index in [9.17, 15) is 0 Å². The third-order valence-electron chi connectivity index (χ3n) is 3.23. The molecule has 2 aromatic heterocycles. The first-order valence-corrected chi connectivity index (χ1v) is 7.23. The summed E-state index contributed by atoms with van der Waals surface area (Å²) in [4.78, 5) is 16.1. The fourth-order valence-electron chi connectivity index (χ4n) is 2.18. The van der Waals surface area contributed by atoms with Crippen molar-refractivity contribution in [2.75, 3.05) is 30.4 Å². The molecular weight excluding hydrogens is 272 g/mol. The minimum atomic E-state index is 0.498. The van der Waals surface area contributed by atoms with Crippen LogP contribution in [0.2, 0.25) is 0 Å². The second kappa shape index (κ2) is 5.43. The molecule has 102 valence electrons. The second-order valence-corrected chi connectivity index (χ2v) is 5.57. The van der Waals surface area contributed by atoms with Crippen molar-refractivity contribution in [1.82, 2.24) is 15.0 Å². The fraction of sp³-hybridized carbons (Fsp3) is 0.385. The molecule has 1 aliphatic heterocycles. The van der Waals surface area contributed by atoms with Gasteiger partial charge in [0.15, 0.2) is 5.13 Å². The topological polar surface area (TPSA) is 77.7 Å². The van der Waals surface area contributed by atoms with Gasteiger partial charge in [-0.1, -0.05) is 11.3 Å². The van der Waals surface area contributed by atoms with E-state index >= 15 is 0 Å². The number of aromatic nitrogens is 3. The van der Waals surface area contributed by atoms with Gasteiger partial charge in [0.25, 0.3) is 0 Å². The van der Waals surface area contributed by atoms with Crippen molar-refractivity contribution in [2.24, 2.45) is 0 Å². The Morgan fingerprint density at radius 2 is 2.35 bits per heavy atom. The van der Waals surface area contributed by atoms with E-state index in [1.165, 1.54) is 5.56 Å². The molecule has 3 rings (SSSR count).